The molecule has 1 saturated heterocycles. The Bertz CT molecular complexity index is 645. The average Bonchev–Trinajstić information content (AvgIpc) is 2.92. The van der Waals surface area contributed by atoms with Crippen LogP contribution in [0.15, 0.2) is 40.9 Å². The van der Waals surface area contributed by atoms with Crippen LogP contribution in [0.5, 0.6) is 0 Å². The fourth-order valence-corrected chi connectivity index (χ4v) is 3.57. The third kappa shape index (κ3) is 3.53. The molecule has 1 aliphatic heterocycles. The molecule has 0 amide bonds. The Balaban J connectivity index is 1.94. The molecule has 124 valence electrons. The largest absolute Gasteiger partial charge is 0.378 e. The van der Waals surface area contributed by atoms with Gasteiger partial charge >= 0.3 is 0 Å². The summed E-state index contributed by atoms with van der Waals surface area (Å²) < 4.78 is 9.03. The molecule has 2 atom stereocenters. The van der Waals surface area contributed by atoms with Crippen LogP contribution in [0.3, 0.4) is 0 Å². The van der Waals surface area contributed by atoms with Crippen LogP contribution in [0.4, 0.5) is 0 Å². The number of morpholine rings is 1. The van der Waals surface area contributed by atoms with Gasteiger partial charge in [-0.1, -0.05) is 28.1 Å². The van der Waals surface area contributed by atoms with E-state index >= 15 is 0 Å². The van der Waals surface area contributed by atoms with E-state index in [1.807, 2.05) is 0 Å². The monoisotopic (exact) mass is 377 g/mol. The number of ether oxygens (including phenoxy) is 1. The van der Waals surface area contributed by atoms with Gasteiger partial charge in [0.05, 0.1) is 25.3 Å². The summed E-state index contributed by atoms with van der Waals surface area (Å²) in [6.45, 7) is 2.45. The third-order valence-corrected chi connectivity index (χ3v) is 4.99. The van der Waals surface area contributed by atoms with E-state index in [9.17, 15) is 0 Å². The third-order valence-electron chi connectivity index (χ3n) is 4.46. The van der Waals surface area contributed by atoms with Crippen molar-refractivity contribution in [3.8, 4) is 0 Å². The molecule has 1 aliphatic rings. The van der Waals surface area contributed by atoms with Crippen molar-refractivity contribution in [1.82, 2.24) is 14.8 Å². The maximum Gasteiger partial charge on any atom is 0.0751 e. The standard InChI is InChI=1S/C18H24BrN3O/c1-21(2)18(13-4-6-14(19)7-5-13)17-9-8-16(22(17)3)15-12-23-11-10-20-15/h4-9,15,18,20H,10-12H2,1-3H3. The van der Waals surface area contributed by atoms with Gasteiger partial charge in [-0.3, -0.25) is 4.90 Å². The van der Waals surface area contributed by atoms with Crippen LogP contribution < -0.4 is 5.32 Å². The van der Waals surface area contributed by atoms with Gasteiger partial charge in [0, 0.05) is 29.5 Å². The van der Waals surface area contributed by atoms with Gasteiger partial charge < -0.3 is 14.6 Å². The summed E-state index contributed by atoms with van der Waals surface area (Å²) >= 11 is 3.52. The molecule has 4 nitrogen and oxygen atoms in total. The molecule has 5 heteroatoms. The predicted octanol–water partition coefficient (Wildman–Crippen LogP) is 3.10. The zero-order valence-electron chi connectivity index (χ0n) is 13.9. The second kappa shape index (κ2) is 7.18. The molecule has 0 saturated carbocycles. The fourth-order valence-electron chi connectivity index (χ4n) is 3.30. The Morgan fingerprint density at radius 2 is 1.96 bits per heavy atom. The molecule has 1 N–H and O–H groups in total. The lowest BCUT2D eigenvalue weighted by Crippen LogP contribution is -2.36. The van der Waals surface area contributed by atoms with E-state index in [2.05, 4.69) is 88.3 Å². The van der Waals surface area contributed by atoms with Crippen LogP contribution in [0.2, 0.25) is 0 Å². The van der Waals surface area contributed by atoms with Crippen molar-refractivity contribution in [3.05, 3.63) is 57.8 Å². The number of hydrogen-bond donors (Lipinski definition) is 1. The van der Waals surface area contributed by atoms with Gasteiger partial charge in [0.1, 0.15) is 0 Å². The molecule has 23 heavy (non-hydrogen) atoms. The van der Waals surface area contributed by atoms with Gasteiger partial charge in [0.25, 0.3) is 0 Å². The Labute approximate surface area is 146 Å². The second-order valence-corrected chi connectivity index (χ2v) is 7.16. The molecule has 2 unspecified atom stereocenters. The highest BCUT2D eigenvalue weighted by molar-refractivity contribution is 9.10. The molecule has 2 aromatic rings. The number of nitrogens with zero attached hydrogens (tertiary/aromatic N) is 2. The molecule has 0 radical (unpaired) electrons. The summed E-state index contributed by atoms with van der Waals surface area (Å²) in [5.41, 5.74) is 3.86. The van der Waals surface area contributed by atoms with Crippen molar-refractivity contribution in [1.29, 1.82) is 0 Å². The highest BCUT2D eigenvalue weighted by Gasteiger charge is 2.24. The summed E-state index contributed by atoms with van der Waals surface area (Å²) in [7, 11) is 6.40. The summed E-state index contributed by atoms with van der Waals surface area (Å²) in [6.07, 6.45) is 0. The maximum absolute atomic E-state index is 5.62. The number of nitrogens with one attached hydrogen (secondary N) is 1. The lowest BCUT2D eigenvalue weighted by atomic mass is 10.0. The van der Waals surface area contributed by atoms with Gasteiger partial charge in [-0.05, 0) is 43.9 Å². The number of benzene rings is 1. The predicted molar refractivity (Wildman–Crippen MR) is 96.6 cm³/mol. The van der Waals surface area contributed by atoms with E-state index in [1.165, 1.54) is 17.0 Å². The van der Waals surface area contributed by atoms with Crippen molar-refractivity contribution >= 4 is 15.9 Å². The van der Waals surface area contributed by atoms with Crippen molar-refractivity contribution in [2.45, 2.75) is 12.1 Å². The highest BCUT2D eigenvalue weighted by Crippen LogP contribution is 2.30. The van der Waals surface area contributed by atoms with E-state index in [0.29, 0.717) is 0 Å². The minimum Gasteiger partial charge on any atom is -0.378 e. The highest BCUT2D eigenvalue weighted by atomic mass is 79.9. The smallest absolute Gasteiger partial charge is 0.0751 e. The van der Waals surface area contributed by atoms with Gasteiger partial charge in [-0.25, -0.2) is 0 Å². The molecule has 0 spiro atoms. The number of aromatic nitrogens is 1. The van der Waals surface area contributed by atoms with Crippen LogP contribution in [0.1, 0.15) is 29.0 Å². The Kier molecular flexibility index (Phi) is 5.21. The lowest BCUT2D eigenvalue weighted by molar-refractivity contribution is 0.0746. The first-order chi connectivity index (χ1) is 11.1. The Hall–Kier alpha value is -1.14. The molecule has 1 aromatic heterocycles. The van der Waals surface area contributed by atoms with Crippen LogP contribution in [0, 0.1) is 0 Å². The van der Waals surface area contributed by atoms with Crippen molar-refractivity contribution in [2.75, 3.05) is 33.9 Å². The minimum atomic E-state index is 0.228. The zero-order valence-corrected chi connectivity index (χ0v) is 15.5. The van der Waals surface area contributed by atoms with E-state index in [-0.39, 0.29) is 12.1 Å². The number of rotatable bonds is 4. The molecule has 0 aliphatic carbocycles. The van der Waals surface area contributed by atoms with Crippen molar-refractivity contribution < 1.29 is 4.74 Å². The van der Waals surface area contributed by atoms with E-state index < -0.39 is 0 Å². The first kappa shape index (κ1) is 16.7. The maximum atomic E-state index is 5.62. The van der Waals surface area contributed by atoms with Gasteiger partial charge in [-0.2, -0.15) is 0 Å². The van der Waals surface area contributed by atoms with E-state index in [4.69, 9.17) is 4.74 Å². The number of halogens is 1. The Morgan fingerprint density at radius 3 is 2.57 bits per heavy atom. The second-order valence-electron chi connectivity index (χ2n) is 6.24. The van der Waals surface area contributed by atoms with Crippen LogP contribution in [-0.4, -0.2) is 43.3 Å². The van der Waals surface area contributed by atoms with Crippen molar-refractivity contribution in [3.63, 3.8) is 0 Å². The molecule has 2 heterocycles. The zero-order chi connectivity index (χ0) is 16.4. The topological polar surface area (TPSA) is 29.4 Å². The Morgan fingerprint density at radius 1 is 1.22 bits per heavy atom. The van der Waals surface area contributed by atoms with Crippen LogP contribution in [-0.2, 0) is 11.8 Å². The van der Waals surface area contributed by atoms with Crippen LogP contribution in [0.25, 0.3) is 0 Å². The van der Waals surface area contributed by atoms with Crippen LogP contribution >= 0.6 is 15.9 Å². The molecular formula is C18H24BrN3O. The minimum absolute atomic E-state index is 0.228. The summed E-state index contributed by atoms with van der Waals surface area (Å²) in [6, 6.07) is 13.5. The fraction of sp³-hybridized carbons (Fsp3) is 0.444. The first-order valence-electron chi connectivity index (χ1n) is 7.96. The van der Waals surface area contributed by atoms with E-state index in [0.717, 1.165) is 24.2 Å². The molecule has 3 rings (SSSR count). The number of hydrogen-bond acceptors (Lipinski definition) is 3. The quantitative estimate of drug-likeness (QED) is 0.887. The first-order valence-corrected chi connectivity index (χ1v) is 8.75. The lowest BCUT2D eigenvalue weighted by Gasteiger charge is -2.28. The van der Waals surface area contributed by atoms with E-state index in [1.54, 1.807) is 0 Å². The van der Waals surface area contributed by atoms with Crippen molar-refractivity contribution in [2.24, 2.45) is 7.05 Å². The summed E-state index contributed by atoms with van der Waals surface area (Å²) in [4.78, 5) is 2.26. The molecule has 1 fully saturated rings. The normalized spacial score (nSPS) is 20.0. The van der Waals surface area contributed by atoms with Gasteiger partial charge in [0.2, 0.25) is 0 Å². The molecule has 0 bridgehead atoms. The molecular weight excluding hydrogens is 354 g/mol. The van der Waals surface area contributed by atoms with Gasteiger partial charge in [0.15, 0.2) is 0 Å². The molecule has 1 aromatic carbocycles. The summed E-state index contributed by atoms with van der Waals surface area (Å²) in [5, 5.41) is 3.54. The average molecular weight is 378 g/mol. The van der Waals surface area contributed by atoms with Gasteiger partial charge in [-0.15, -0.1) is 0 Å². The summed E-state index contributed by atoms with van der Waals surface area (Å²) in [5.74, 6) is 0. The SMILES string of the molecule is CN(C)C(c1ccc(Br)cc1)c1ccc(C2COCCN2)n1C.